The number of hydrogen-bond donors (Lipinski definition) is 1. The smallest absolute Gasteiger partial charge is 0.242 e. The maximum Gasteiger partial charge on any atom is 0.242 e. The summed E-state index contributed by atoms with van der Waals surface area (Å²) in [6.45, 7) is 0.578. The molecule has 5 nitrogen and oxygen atoms in total. The van der Waals surface area contributed by atoms with Gasteiger partial charge in [-0.15, -0.1) is 0 Å². The third kappa shape index (κ3) is 2.59. The molecule has 1 aliphatic rings. The molecule has 1 aliphatic carbocycles. The largest absolute Gasteiger partial charge is 0.495 e. The third-order valence-corrected chi connectivity index (χ3v) is 4.94. The van der Waals surface area contributed by atoms with Gasteiger partial charge in [-0.05, 0) is 30.9 Å². The minimum absolute atomic E-state index is 0.219. The van der Waals surface area contributed by atoms with Gasteiger partial charge in [-0.1, -0.05) is 0 Å². The van der Waals surface area contributed by atoms with Crippen molar-refractivity contribution in [1.29, 1.82) is 0 Å². The van der Waals surface area contributed by atoms with E-state index in [0.29, 0.717) is 23.9 Å². The fourth-order valence-corrected chi connectivity index (χ4v) is 3.06. The van der Waals surface area contributed by atoms with Crippen LogP contribution in [0.15, 0.2) is 23.1 Å². The average molecular weight is 270 g/mol. The van der Waals surface area contributed by atoms with E-state index in [4.69, 9.17) is 10.5 Å². The van der Waals surface area contributed by atoms with E-state index < -0.39 is 10.0 Å². The van der Waals surface area contributed by atoms with Crippen molar-refractivity contribution in [3.8, 4) is 5.75 Å². The van der Waals surface area contributed by atoms with Crippen molar-refractivity contribution in [2.75, 3.05) is 26.4 Å². The van der Waals surface area contributed by atoms with Crippen molar-refractivity contribution in [3.05, 3.63) is 18.2 Å². The minimum atomic E-state index is -3.45. The number of hydrogen-bond acceptors (Lipinski definition) is 4. The van der Waals surface area contributed by atoms with Crippen LogP contribution in [0.5, 0.6) is 5.75 Å². The molecule has 1 saturated carbocycles. The quantitative estimate of drug-likeness (QED) is 0.819. The number of anilines is 1. The summed E-state index contributed by atoms with van der Waals surface area (Å²) in [6, 6.07) is 4.53. The first-order valence-corrected chi connectivity index (χ1v) is 7.29. The molecule has 1 fully saturated rings. The normalized spacial score (nSPS) is 15.9. The van der Waals surface area contributed by atoms with Crippen LogP contribution in [0.3, 0.4) is 0 Å². The van der Waals surface area contributed by atoms with E-state index >= 15 is 0 Å². The topological polar surface area (TPSA) is 72.6 Å². The third-order valence-electron chi connectivity index (χ3n) is 3.13. The van der Waals surface area contributed by atoms with Gasteiger partial charge in [-0.2, -0.15) is 0 Å². The van der Waals surface area contributed by atoms with Crippen LogP contribution < -0.4 is 10.5 Å². The summed E-state index contributed by atoms with van der Waals surface area (Å²) in [4.78, 5) is 0.219. The highest BCUT2D eigenvalue weighted by atomic mass is 32.2. The number of nitrogens with zero attached hydrogens (tertiary/aromatic N) is 1. The number of benzene rings is 1. The lowest BCUT2D eigenvalue weighted by Gasteiger charge is -2.17. The first-order valence-electron chi connectivity index (χ1n) is 5.85. The van der Waals surface area contributed by atoms with E-state index in [1.165, 1.54) is 23.5 Å². The van der Waals surface area contributed by atoms with E-state index in [0.717, 1.165) is 12.8 Å². The van der Waals surface area contributed by atoms with Crippen LogP contribution in [0.1, 0.15) is 12.8 Å². The molecule has 6 heteroatoms. The zero-order valence-corrected chi connectivity index (χ0v) is 11.4. The van der Waals surface area contributed by atoms with Gasteiger partial charge >= 0.3 is 0 Å². The number of methoxy groups -OCH3 is 1. The molecule has 0 radical (unpaired) electrons. The zero-order chi connectivity index (χ0) is 13.3. The molecule has 0 saturated heterocycles. The molecule has 1 aromatic rings. The molecule has 100 valence electrons. The molecule has 0 aromatic heterocycles. The van der Waals surface area contributed by atoms with Gasteiger partial charge in [0.05, 0.1) is 17.7 Å². The van der Waals surface area contributed by atoms with Crippen LogP contribution in [0, 0.1) is 5.92 Å². The Balaban J connectivity index is 2.27. The summed E-state index contributed by atoms with van der Waals surface area (Å²) in [5, 5.41) is 0. The van der Waals surface area contributed by atoms with Gasteiger partial charge in [0, 0.05) is 19.7 Å². The van der Waals surface area contributed by atoms with Crippen LogP contribution in [0.25, 0.3) is 0 Å². The van der Waals surface area contributed by atoms with Gasteiger partial charge in [-0.25, -0.2) is 12.7 Å². The summed E-state index contributed by atoms with van der Waals surface area (Å²) in [5.41, 5.74) is 6.11. The monoisotopic (exact) mass is 270 g/mol. The van der Waals surface area contributed by atoms with E-state index in [-0.39, 0.29) is 4.90 Å². The predicted octanol–water partition coefficient (Wildman–Crippen LogP) is 1.31. The van der Waals surface area contributed by atoms with E-state index in [1.54, 1.807) is 13.1 Å². The zero-order valence-electron chi connectivity index (χ0n) is 10.6. The van der Waals surface area contributed by atoms with Crippen molar-refractivity contribution in [3.63, 3.8) is 0 Å². The number of nitrogens with two attached hydrogens (primary N) is 1. The van der Waals surface area contributed by atoms with Gasteiger partial charge in [0.15, 0.2) is 0 Å². The second kappa shape index (κ2) is 4.78. The van der Waals surface area contributed by atoms with Crippen molar-refractivity contribution >= 4 is 15.7 Å². The van der Waals surface area contributed by atoms with Crippen molar-refractivity contribution in [2.24, 2.45) is 5.92 Å². The lowest BCUT2D eigenvalue weighted by molar-refractivity contribution is 0.414. The molecule has 2 N–H and O–H groups in total. The lowest BCUT2D eigenvalue weighted by Crippen LogP contribution is -2.29. The highest BCUT2D eigenvalue weighted by Crippen LogP contribution is 2.32. The highest BCUT2D eigenvalue weighted by Gasteiger charge is 2.29. The Bertz CT molecular complexity index is 538. The van der Waals surface area contributed by atoms with Crippen LogP contribution in [-0.2, 0) is 10.0 Å². The molecule has 0 unspecified atom stereocenters. The summed E-state index contributed by atoms with van der Waals surface area (Å²) >= 11 is 0. The van der Waals surface area contributed by atoms with E-state index in [9.17, 15) is 8.42 Å². The Morgan fingerprint density at radius 1 is 1.44 bits per heavy atom. The van der Waals surface area contributed by atoms with E-state index in [2.05, 4.69) is 0 Å². The van der Waals surface area contributed by atoms with Gasteiger partial charge in [0.1, 0.15) is 5.75 Å². The lowest BCUT2D eigenvalue weighted by atomic mass is 10.3. The Hall–Kier alpha value is -1.27. The van der Waals surface area contributed by atoms with Crippen molar-refractivity contribution in [1.82, 2.24) is 4.31 Å². The van der Waals surface area contributed by atoms with Crippen molar-refractivity contribution < 1.29 is 13.2 Å². The van der Waals surface area contributed by atoms with Gasteiger partial charge < -0.3 is 10.5 Å². The standard InChI is InChI=1S/C12H18N2O3S/c1-14(8-9-3-4-9)18(15,16)10-5-6-11(13)12(7-10)17-2/h5-7,9H,3-4,8,13H2,1-2H3. The second-order valence-electron chi connectivity index (χ2n) is 4.63. The molecule has 1 aromatic carbocycles. The average Bonchev–Trinajstić information content (AvgIpc) is 3.13. The summed E-state index contributed by atoms with van der Waals surface area (Å²) in [7, 11) is -0.370. The number of rotatable bonds is 5. The number of nitrogen functional groups attached to an aromatic ring is 1. The minimum Gasteiger partial charge on any atom is -0.495 e. The second-order valence-corrected chi connectivity index (χ2v) is 6.68. The Morgan fingerprint density at radius 3 is 2.67 bits per heavy atom. The first kappa shape index (κ1) is 13.2. The Kier molecular flexibility index (Phi) is 3.49. The predicted molar refractivity (Wildman–Crippen MR) is 69.9 cm³/mol. The Labute approximate surface area is 108 Å². The fraction of sp³-hybridized carbons (Fsp3) is 0.500. The Morgan fingerprint density at radius 2 is 2.11 bits per heavy atom. The van der Waals surface area contributed by atoms with Crippen LogP contribution in [-0.4, -0.2) is 33.4 Å². The number of sulfonamides is 1. The van der Waals surface area contributed by atoms with E-state index in [1.807, 2.05) is 0 Å². The molecule has 0 heterocycles. The van der Waals surface area contributed by atoms with Gasteiger partial charge in [0.2, 0.25) is 10.0 Å². The van der Waals surface area contributed by atoms with Crippen LogP contribution >= 0.6 is 0 Å². The maximum absolute atomic E-state index is 12.3. The fourth-order valence-electron chi connectivity index (χ4n) is 1.79. The molecule has 18 heavy (non-hydrogen) atoms. The SMILES string of the molecule is COc1cc(S(=O)(=O)N(C)CC2CC2)ccc1N. The molecule has 0 aliphatic heterocycles. The van der Waals surface area contributed by atoms with Crippen LogP contribution in [0.2, 0.25) is 0 Å². The summed E-state index contributed by atoms with van der Waals surface area (Å²) in [6.07, 6.45) is 2.23. The van der Waals surface area contributed by atoms with Crippen LogP contribution in [0.4, 0.5) is 5.69 Å². The molecule has 0 amide bonds. The molecule has 0 bridgehead atoms. The first-order chi connectivity index (χ1) is 8.45. The van der Waals surface area contributed by atoms with Crippen molar-refractivity contribution in [2.45, 2.75) is 17.7 Å². The van der Waals surface area contributed by atoms with Gasteiger partial charge in [0.25, 0.3) is 0 Å². The molecule has 2 rings (SSSR count). The maximum atomic E-state index is 12.3. The molecule has 0 atom stereocenters. The molecular weight excluding hydrogens is 252 g/mol. The molecule has 0 spiro atoms. The summed E-state index contributed by atoms with van der Waals surface area (Å²) in [5.74, 6) is 0.899. The number of ether oxygens (including phenoxy) is 1. The summed E-state index contributed by atoms with van der Waals surface area (Å²) < 4.78 is 31.1. The molecular formula is C12H18N2O3S. The highest BCUT2D eigenvalue weighted by molar-refractivity contribution is 7.89. The van der Waals surface area contributed by atoms with Gasteiger partial charge in [-0.3, -0.25) is 0 Å².